The number of aromatic nitrogens is 1. The molecule has 19 heavy (non-hydrogen) atoms. The van der Waals surface area contributed by atoms with Gasteiger partial charge in [0.05, 0.1) is 10.0 Å². The van der Waals surface area contributed by atoms with Crippen LogP contribution in [-0.4, -0.2) is 4.98 Å². The lowest BCUT2D eigenvalue weighted by Gasteiger charge is -2.14. The Balaban J connectivity index is 2.39. The molecule has 0 aliphatic heterocycles. The van der Waals surface area contributed by atoms with Gasteiger partial charge < -0.3 is 5.32 Å². The van der Waals surface area contributed by atoms with Gasteiger partial charge in [-0.15, -0.1) is 0 Å². The summed E-state index contributed by atoms with van der Waals surface area (Å²) in [4.78, 5) is 4.28. The maximum absolute atomic E-state index is 8.84. The van der Waals surface area contributed by atoms with Gasteiger partial charge in [0.1, 0.15) is 11.9 Å². The summed E-state index contributed by atoms with van der Waals surface area (Å²) in [6.07, 6.45) is 2.52. The molecule has 3 nitrogen and oxygen atoms in total. The molecule has 0 saturated carbocycles. The Morgan fingerprint density at radius 2 is 2.21 bits per heavy atom. The van der Waals surface area contributed by atoms with Crippen molar-refractivity contribution in [1.29, 1.82) is 5.26 Å². The Morgan fingerprint density at radius 3 is 2.84 bits per heavy atom. The maximum Gasteiger partial charge on any atom is 0.144 e. The molecule has 0 aliphatic rings. The number of halogens is 1. The van der Waals surface area contributed by atoms with Gasteiger partial charge in [0.25, 0.3) is 0 Å². The summed E-state index contributed by atoms with van der Waals surface area (Å²) in [5.41, 5.74) is 4.05. The van der Waals surface area contributed by atoms with Crippen LogP contribution in [0, 0.1) is 18.3 Å². The third kappa shape index (κ3) is 2.94. The van der Waals surface area contributed by atoms with E-state index in [4.69, 9.17) is 5.26 Å². The van der Waals surface area contributed by atoms with Gasteiger partial charge in [-0.25, -0.2) is 4.98 Å². The van der Waals surface area contributed by atoms with Crippen LogP contribution < -0.4 is 5.32 Å². The van der Waals surface area contributed by atoms with Crippen molar-refractivity contribution in [3.63, 3.8) is 0 Å². The van der Waals surface area contributed by atoms with E-state index in [0.29, 0.717) is 5.56 Å². The molecule has 1 N–H and O–H groups in total. The second-order valence-corrected chi connectivity index (χ2v) is 5.11. The van der Waals surface area contributed by atoms with Crippen molar-refractivity contribution in [3.8, 4) is 6.07 Å². The SMILES string of the molecule is CCc1cccc(C)c1Nc1ncc(C#N)cc1Br. The summed E-state index contributed by atoms with van der Waals surface area (Å²) in [5.74, 6) is 0.725. The molecule has 0 amide bonds. The van der Waals surface area contributed by atoms with Gasteiger partial charge in [-0.05, 0) is 46.5 Å². The van der Waals surface area contributed by atoms with E-state index in [2.05, 4.69) is 64.3 Å². The van der Waals surface area contributed by atoms with Crippen molar-refractivity contribution in [2.24, 2.45) is 0 Å². The number of anilines is 2. The van der Waals surface area contributed by atoms with Crippen molar-refractivity contribution >= 4 is 27.4 Å². The van der Waals surface area contributed by atoms with Crippen LogP contribution >= 0.6 is 15.9 Å². The molecule has 1 aromatic carbocycles. The lowest BCUT2D eigenvalue weighted by Crippen LogP contribution is -2.00. The van der Waals surface area contributed by atoms with Crippen LogP contribution in [0.5, 0.6) is 0 Å². The number of para-hydroxylation sites is 1. The van der Waals surface area contributed by atoms with Gasteiger partial charge in [-0.1, -0.05) is 25.1 Å². The Morgan fingerprint density at radius 1 is 1.42 bits per heavy atom. The molecule has 0 atom stereocenters. The second-order valence-electron chi connectivity index (χ2n) is 4.25. The van der Waals surface area contributed by atoms with E-state index >= 15 is 0 Å². The molecule has 1 heterocycles. The minimum absolute atomic E-state index is 0.540. The first-order valence-corrected chi connectivity index (χ1v) is 6.86. The predicted octanol–water partition coefficient (Wildman–Crippen LogP) is 4.33. The number of pyridine rings is 1. The van der Waals surface area contributed by atoms with Crippen molar-refractivity contribution in [3.05, 3.63) is 51.6 Å². The topological polar surface area (TPSA) is 48.7 Å². The Bertz CT molecular complexity index is 644. The number of nitriles is 1. The highest BCUT2D eigenvalue weighted by Gasteiger charge is 2.08. The zero-order valence-electron chi connectivity index (χ0n) is 10.9. The average molecular weight is 316 g/mol. The molecular formula is C15H14BrN3. The highest BCUT2D eigenvalue weighted by molar-refractivity contribution is 9.10. The fourth-order valence-corrected chi connectivity index (χ4v) is 2.36. The van der Waals surface area contributed by atoms with Gasteiger partial charge in [0.15, 0.2) is 0 Å². The standard InChI is InChI=1S/C15H14BrN3/c1-3-12-6-4-5-10(2)14(12)19-15-13(16)7-11(8-17)9-18-15/h4-7,9H,3H2,1-2H3,(H,18,19). The van der Waals surface area contributed by atoms with Gasteiger partial charge in [0.2, 0.25) is 0 Å². The summed E-state index contributed by atoms with van der Waals surface area (Å²) >= 11 is 3.44. The Kier molecular flexibility index (Phi) is 4.18. The van der Waals surface area contributed by atoms with Crippen LogP contribution in [0.2, 0.25) is 0 Å². The average Bonchev–Trinajstić information content (AvgIpc) is 2.42. The number of hydrogen-bond acceptors (Lipinski definition) is 3. The van der Waals surface area contributed by atoms with Crippen molar-refractivity contribution in [1.82, 2.24) is 4.98 Å². The number of rotatable bonds is 3. The maximum atomic E-state index is 8.84. The molecular weight excluding hydrogens is 302 g/mol. The third-order valence-corrected chi connectivity index (χ3v) is 3.56. The third-order valence-electron chi connectivity index (χ3n) is 2.95. The van der Waals surface area contributed by atoms with E-state index in [1.54, 1.807) is 12.3 Å². The normalized spacial score (nSPS) is 10.0. The van der Waals surface area contributed by atoms with E-state index in [-0.39, 0.29) is 0 Å². The van der Waals surface area contributed by atoms with E-state index in [0.717, 1.165) is 22.4 Å². The first-order valence-electron chi connectivity index (χ1n) is 6.07. The summed E-state index contributed by atoms with van der Waals surface area (Å²) < 4.78 is 0.789. The number of nitrogens with zero attached hydrogens (tertiary/aromatic N) is 2. The minimum Gasteiger partial charge on any atom is -0.339 e. The molecule has 0 fully saturated rings. The van der Waals surface area contributed by atoms with Crippen molar-refractivity contribution in [2.45, 2.75) is 20.3 Å². The Labute approximate surface area is 121 Å². The van der Waals surface area contributed by atoms with Gasteiger partial charge >= 0.3 is 0 Å². The van der Waals surface area contributed by atoms with Gasteiger partial charge in [-0.3, -0.25) is 0 Å². The molecule has 2 rings (SSSR count). The van der Waals surface area contributed by atoms with E-state index in [9.17, 15) is 0 Å². The molecule has 0 saturated heterocycles. The minimum atomic E-state index is 0.540. The monoisotopic (exact) mass is 315 g/mol. The molecule has 4 heteroatoms. The predicted molar refractivity (Wildman–Crippen MR) is 80.5 cm³/mol. The Hall–Kier alpha value is -1.86. The quantitative estimate of drug-likeness (QED) is 0.917. The lowest BCUT2D eigenvalue weighted by molar-refractivity contribution is 1.13. The highest BCUT2D eigenvalue weighted by atomic mass is 79.9. The van der Waals surface area contributed by atoms with Crippen LogP contribution in [-0.2, 0) is 6.42 Å². The first kappa shape index (κ1) is 13.6. The molecule has 0 radical (unpaired) electrons. The fraction of sp³-hybridized carbons (Fsp3) is 0.200. The highest BCUT2D eigenvalue weighted by Crippen LogP contribution is 2.28. The number of nitrogens with one attached hydrogen (secondary N) is 1. The molecule has 0 unspecified atom stereocenters. The first-order chi connectivity index (χ1) is 9.15. The van der Waals surface area contributed by atoms with Crippen LogP contribution in [0.1, 0.15) is 23.6 Å². The summed E-state index contributed by atoms with van der Waals surface area (Å²) in [6, 6.07) is 10.1. The van der Waals surface area contributed by atoms with Crippen LogP contribution in [0.25, 0.3) is 0 Å². The van der Waals surface area contributed by atoms with E-state index < -0.39 is 0 Å². The van der Waals surface area contributed by atoms with Gasteiger partial charge in [-0.2, -0.15) is 5.26 Å². The van der Waals surface area contributed by atoms with E-state index in [1.807, 2.05) is 0 Å². The molecule has 96 valence electrons. The summed E-state index contributed by atoms with van der Waals surface area (Å²) in [7, 11) is 0. The van der Waals surface area contributed by atoms with Crippen molar-refractivity contribution < 1.29 is 0 Å². The number of benzene rings is 1. The van der Waals surface area contributed by atoms with Crippen molar-refractivity contribution in [2.75, 3.05) is 5.32 Å². The largest absolute Gasteiger partial charge is 0.339 e. The molecule has 0 spiro atoms. The summed E-state index contributed by atoms with van der Waals surface area (Å²) in [5, 5.41) is 12.2. The van der Waals surface area contributed by atoms with Crippen LogP contribution in [0.4, 0.5) is 11.5 Å². The molecule has 0 aliphatic carbocycles. The smallest absolute Gasteiger partial charge is 0.144 e. The van der Waals surface area contributed by atoms with E-state index in [1.165, 1.54) is 11.1 Å². The zero-order valence-corrected chi connectivity index (χ0v) is 12.5. The number of hydrogen-bond donors (Lipinski definition) is 1. The van der Waals surface area contributed by atoms with Crippen LogP contribution in [0.15, 0.2) is 34.9 Å². The second kappa shape index (κ2) is 5.85. The summed E-state index contributed by atoms with van der Waals surface area (Å²) in [6.45, 7) is 4.19. The molecule has 0 bridgehead atoms. The number of aryl methyl sites for hydroxylation is 2. The van der Waals surface area contributed by atoms with Gasteiger partial charge in [0, 0.05) is 11.9 Å². The molecule has 1 aromatic heterocycles. The molecule has 2 aromatic rings. The lowest BCUT2D eigenvalue weighted by atomic mass is 10.1. The van der Waals surface area contributed by atoms with Crippen LogP contribution in [0.3, 0.4) is 0 Å². The zero-order chi connectivity index (χ0) is 13.8. The fourth-order valence-electron chi connectivity index (χ4n) is 1.91.